The van der Waals surface area contributed by atoms with Crippen molar-refractivity contribution >= 4 is 0 Å². The van der Waals surface area contributed by atoms with Gasteiger partial charge in [0.2, 0.25) is 0 Å². The van der Waals surface area contributed by atoms with Crippen LogP contribution < -0.4 is 0 Å². The molecule has 1 aromatic heterocycles. The van der Waals surface area contributed by atoms with Crippen LogP contribution in [0.25, 0.3) is 0 Å². The van der Waals surface area contributed by atoms with E-state index >= 15 is 0 Å². The molecule has 1 N–H and O–H groups in total. The van der Waals surface area contributed by atoms with Crippen molar-refractivity contribution in [2.24, 2.45) is 0 Å². The first-order valence-corrected chi connectivity index (χ1v) is 5.44. The molecule has 0 saturated carbocycles. The molecule has 3 rings (SSSR count). The zero-order chi connectivity index (χ0) is 11.0. The Hall–Kier alpha value is -1.68. The van der Waals surface area contributed by atoms with Crippen molar-refractivity contribution in [3.63, 3.8) is 0 Å². The third-order valence-corrected chi connectivity index (χ3v) is 3.22. The van der Waals surface area contributed by atoms with Gasteiger partial charge in [0.1, 0.15) is 12.9 Å². The van der Waals surface area contributed by atoms with Crippen molar-refractivity contribution in [3.05, 3.63) is 47.5 Å². The molecule has 16 heavy (non-hydrogen) atoms. The van der Waals surface area contributed by atoms with Crippen LogP contribution in [-0.4, -0.2) is 19.9 Å². The Morgan fingerprint density at radius 1 is 1.38 bits per heavy atom. The summed E-state index contributed by atoms with van der Waals surface area (Å²) in [6.45, 7) is 0.814. The van der Waals surface area contributed by atoms with Crippen molar-refractivity contribution in [1.29, 1.82) is 0 Å². The van der Waals surface area contributed by atoms with Crippen molar-refractivity contribution < 1.29 is 5.11 Å². The molecular formula is C12H13N3O. The largest absolute Gasteiger partial charge is 0.388 e. The fourth-order valence-electron chi connectivity index (χ4n) is 2.32. The molecule has 0 fully saturated rings. The summed E-state index contributed by atoms with van der Waals surface area (Å²) in [6.07, 6.45) is 2.80. The van der Waals surface area contributed by atoms with Crippen LogP contribution in [0.1, 0.15) is 22.9 Å². The topological polar surface area (TPSA) is 50.9 Å². The van der Waals surface area contributed by atoms with E-state index < -0.39 is 0 Å². The molecule has 1 heterocycles. The van der Waals surface area contributed by atoms with Crippen LogP contribution in [0.4, 0.5) is 0 Å². The zero-order valence-electron chi connectivity index (χ0n) is 8.87. The zero-order valence-corrected chi connectivity index (χ0v) is 8.87. The highest BCUT2D eigenvalue weighted by Crippen LogP contribution is 2.35. The van der Waals surface area contributed by atoms with Crippen LogP contribution in [-0.2, 0) is 19.6 Å². The van der Waals surface area contributed by atoms with Crippen LogP contribution >= 0.6 is 0 Å². The second kappa shape index (κ2) is 3.72. The molecule has 2 aromatic rings. The third-order valence-electron chi connectivity index (χ3n) is 3.22. The first-order chi connectivity index (χ1) is 7.88. The number of aromatic nitrogens is 3. The Bertz CT molecular complexity index is 506. The van der Waals surface area contributed by atoms with Crippen LogP contribution in [0.3, 0.4) is 0 Å². The van der Waals surface area contributed by atoms with Gasteiger partial charge in [-0.2, -0.15) is 0 Å². The summed E-state index contributed by atoms with van der Waals surface area (Å²) >= 11 is 0. The number of rotatable bonds is 3. The maximum atomic E-state index is 9.08. The van der Waals surface area contributed by atoms with Gasteiger partial charge >= 0.3 is 0 Å². The molecule has 82 valence electrons. The quantitative estimate of drug-likeness (QED) is 0.834. The van der Waals surface area contributed by atoms with Crippen molar-refractivity contribution in [2.75, 3.05) is 0 Å². The van der Waals surface area contributed by atoms with Crippen LogP contribution in [0.15, 0.2) is 30.6 Å². The fraction of sp³-hybridized carbons (Fsp3) is 0.333. The van der Waals surface area contributed by atoms with Gasteiger partial charge in [-0.05, 0) is 17.5 Å². The predicted molar refractivity (Wildman–Crippen MR) is 58.8 cm³/mol. The molecule has 0 radical (unpaired) electrons. The lowest BCUT2D eigenvalue weighted by Crippen LogP contribution is -2.22. The Labute approximate surface area is 93.6 Å². The molecule has 1 aliphatic rings. The molecule has 4 heteroatoms. The first-order valence-electron chi connectivity index (χ1n) is 5.44. The summed E-state index contributed by atoms with van der Waals surface area (Å²) in [5.74, 6) is 1.18. The summed E-state index contributed by atoms with van der Waals surface area (Å²) in [4.78, 5) is 0. The second-order valence-corrected chi connectivity index (χ2v) is 4.16. The minimum atomic E-state index is -0.0473. The van der Waals surface area contributed by atoms with Gasteiger partial charge in [0.05, 0.1) is 0 Å². The highest BCUT2D eigenvalue weighted by atomic mass is 16.3. The smallest absolute Gasteiger partial charge is 0.158 e. The maximum Gasteiger partial charge on any atom is 0.158 e. The highest BCUT2D eigenvalue weighted by Gasteiger charge is 2.26. The predicted octanol–water partition coefficient (Wildman–Crippen LogP) is 1.11. The molecule has 0 amide bonds. The Morgan fingerprint density at radius 2 is 2.25 bits per heavy atom. The molecule has 0 aliphatic heterocycles. The molecule has 0 saturated heterocycles. The lowest BCUT2D eigenvalue weighted by Gasteiger charge is -2.30. The SMILES string of the molecule is OCc1nncn1CC1Cc2ccccc21. The third kappa shape index (κ3) is 1.42. The van der Waals surface area contributed by atoms with Gasteiger partial charge in [-0.15, -0.1) is 10.2 Å². The van der Waals surface area contributed by atoms with Crippen molar-refractivity contribution in [1.82, 2.24) is 14.8 Å². The van der Waals surface area contributed by atoms with Gasteiger partial charge < -0.3 is 9.67 Å². The van der Waals surface area contributed by atoms with Gasteiger partial charge in [0.25, 0.3) is 0 Å². The molecule has 1 aromatic carbocycles. The molecular weight excluding hydrogens is 202 g/mol. The Kier molecular flexibility index (Phi) is 2.22. The van der Waals surface area contributed by atoms with Crippen LogP contribution in [0.5, 0.6) is 0 Å². The van der Waals surface area contributed by atoms with E-state index in [0.717, 1.165) is 13.0 Å². The molecule has 0 spiro atoms. The van der Waals surface area contributed by atoms with Gasteiger partial charge in [-0.1, -0.05) is 24.3 Å². The van der Waals surface area contributed by atoms with E-state index in [-0.39, 0.29) is 6.61 Å². The normalized spacial score (nSPS) is 17.9. The molecule has 1 unspecified atom stereocenters. The standard InChI is InChI=1S/C12H13N3O/c16-7-12-14-13-8-15(12)6-10-5-9-3-1-2-4-11(9)10/h1-4,8,10,16H,5-7H2. The number of fused-ring (bicyclic) bond motifs is 1. The minimum Gasteiger partial charge on any atom is -0.388 e. The van der Waals surface area contributed by atoms with Gasteiger partial charge in [0.15, 0.2) is 5.82 Å². The Balaban J connectivity index is 1.79. The van der Waals surface area contributed by atoms with Gasteiger partial charge in [-0.25, -0.2) is 0 Å². The maximum absolute atomic E-state index is 9.08. The van der Waals surface area contributed by atoms with Crippen LogP contribution in [0, 0.1) is 0 Å². The van der Waals surface area contributed by atoms with E-state index in [4.69, 9.17) is 5.11 Å². The number of benzene rings is 1. The lowest BCUT2D eigenvalue weighted by atomic mass is 9.77. The van der Waals surface area contributed by atoms with E-state index in [1.165, 1.54) is 11.1 Å². The van der Waals surface area contributed by atoms with Crippen molar-refractivity contribution in [2.45, 2.75) is 25.5 Å². The summed E-state index contributed by atoms with van der Waals surface area (Å²) < 4.78 is 1.93. The van der Waals surface area contributed by atoms with Gasteiger partial charge in [0, 0.05) is 12.5 Å². The minimum absolute atomic E-state index is 0.0473. The average Bonchev–Trinajstić information content (AvgIpc) is 2.73. The van der Waals surface area contributed by atoms with E-state index in [1.807, 2.05) is 4.57 Å². The second-order valence-electron chi connectivity index (χ2n) is 4.16. The van der Waals surface area contributed by atoms with E-state index in [9.17, 15) is 0 Å². The molecule has 4 nitrogen and oxygen atoms in total. The van der Waals surface area contributed by atoms with Gasteiger partial charge in [-0.3, -0.25) is 0 Å². The summed E-state index contributed by atoms with van der Waals surface area (Å²) in [5, 5.41) is 16.8. The monoisotopic (exact) mass is 215 g/mol. The van der Waals surface area contributed by atoms with E-state index in [1.54, 1.807) is 6.33 Å². The number of hydrogen-bond donors (Lipinski definition) is 1. The average molecular weight is 215 g/mol. The fourth-order valence-corrected chi connectivity index (χ4v) is 2.32. The highest BCUT2D eigenvalue weighted by molar-refractivity contribution is 5.39. The van der Waals surface area contributed by atoms with E-state index in [0.29, 0.717) is 11.7 Å². The van der Waals surface area contributed by atoms with E-state index in [2.05, 4.69) is 34.5 Å². The molecule has 0 bridgehead atoms. The number of aliphatic hydroxyl groups is 1. The summed E-state index contributed by atoms with van der Waals surface area (Å²) in [5.41, 5.74) is 2.85. The number of nitrogens with zero attached hydrogens (tertiary/aromatic N) is 3. The first kappa shape index (κ1) is 9.54. The summed E-state index contributed by atoms with van der Waals surface area (Å²) in [6, 6.07) is 8.49. The molecule has 1 atom stereocenters. The Morgan fingerprint density at radius 3 is 3.06 bits per heavy atom. The lowest BCUT2D eigenvalue weighted by molar-refractivity contribution is 0.262. The van der Waals surface area contributed by atoms with Crippen LogP contribution in [0.2, 0.25) is 0 Å². The summed E-state index contributed by atoms with van der Waals surface area (Å²) in [7, 11) is 0. The van der Waals surface area contributed by atoms with Crippen molar-refractivity contribution in [3.8, 4) is 0 Å². The number of aliphatic hydroxyl groups excluding tert-OH is 1. The molecule has 1 aliphatic carbocycles. The number of hydrogen-bond acceptors (Lipinski definition) is 3.